The van der Waals surface area contributed by atoms with Crippen molar-refractivity contribution < 1.29 is 0 Å². The van der Waals surface area contributed by atoms with E-state index in [1.165, 1.54) is 18.5 Å². The Kier molecular flexibility index (Phi) is 3.43. The van der Waals surface area contributed by atoms with Gasteiger partial charge in [-0.3, -0.25) is 0 Å². The van der Waals surface area contributed by atoms with Crippen LogP contribution in [0.4, 0.5) is 5.69 Å². The zero-order valence-electron chi connectivity index (χ0n) is 9.39. The van der Waals surface area contributed by atoms with E-state index in [0.29, 0.717) is 6.42 Å². The Balaban J connectivity index is 2.07. The van der Waals surface area contributed by atoms with Crippen LogP contribution in [0.25, 0.3) is 0 Å². The van der Waals surface area contributed by atoms with Crippen LogP contribution in [0.2, 0.25) is 0 Å². The molecule has 0 aromatic heterocycles. The van der Waals surface area contributed by atoms with Crippen molar-refractivity contribution in [2.24, 2.45) is 5.73 Å². The van der Waals surface area contributed by atoms with E-state index in [0.717, 1.165) is 18.7 Å². The van der Waals surface area contributed by atoms with Crippen LogP contribution in [-0.2, 0) is 0 Å². The normalized spacial score (nSPS) is 17.1. The number of rotatable bonds is 3. The van der Waals surface area contributed by atoms with Crippen LogP contribution in [-0.4, -0.2) is 13.1 Å². The molecule has 1 atom stereocenters. The molecule has 3 nitrogen and oxygen atoms in total. The van der Waals surface area contributed by atoms with Crippen LogP contribution in [0, 0.1) is 11.3 Å². The summed E-state index contributed by atoms with van der Waals surface area (Å²) in [5.74, 6) is 0. The SMILES string of the molecule is N#CC[C@H](N)c1ccc(N2CCCC2)cc1. The lowest BCUT2D eigenvalue weighted by Crippen LogP contribution is -2.17. The summed E-state index contributed by atoms with van der Waals surface area (Å²) >= 11 is 0. The second-order valence-electron chi connectivity index (χ2n) is 4.25. The Morgan fingerprint density at radius 1 is 1.25 bits per heavy atom. The van der Waals surface area contributed by atoms with Crippen LogP contribution < -0.4 is 10.6 Å². The fourth-order valence-corrected chi connectivity index (χ4v) is 2.12. The number of hydrogen-bond donors (Lipinski definition) is 1. The summed E-state index contributed by atoms with van der Waals surface area (Å²) in [6.45, 7) is 2.31. The lowest BCUT2D eigenvalue weighted by atomic mass is 10.0. The topological polar surface area (TPSA) is 53.1 Å². The molecule has 1 heterocycles. The van der Waals surface area contributed by atoms with Gasteiger partial charge in [0.15, 0.2) is 0 Å². The minimum atomic E-state index is -0.155. The number of nitriles is 1. The molecule has 0 unspecified atom stereocenters. The van der Waals surface area contributed by atoms with Crippen LogP contribution >= 0.6 is 0 Å². The summed E-state index contributed by atoms with van der Waals surface area (Å²) in [5, 5.41) is 8.59. The predicted molar refractivity (Wildman–Crippen MR) is 65.0 cm³/mol. The lowest BCUT2D eigenvalue weighted by Gasteiger charge is -2.18. The standard InChI is InChI=1S/C13H17N3/c14-8-7-13(15)11-3-5-12(6-4-11)16-9-1-2-10-16/h3-6,13H,1-2,7,9-10,15H2/t13-/m0/s1. The van der Waals surface area contributed by atoms with Crippen molar-refractivity contribution >= 4 is 5.69 Å². The summed E-state index contributed by atoms with van der Waals surface area (Å²) in [5.41, 5.74) is 8.19. The van der Waals surface area contributed by atoms with Gasteiger partial charge in [0.1, 0.15) is 0 Å². The molecule has 1 saturated heterocycles. The lowest BCUT2D eigenvalue weighted by molar-refractivity contribution is 0.748. The number of benzene rings is 1. The van der Waals surface area contributed by atoms with Crippen molar-refractivity contribution in [3.05, 3.63) is 29.8 Å². The van der Waals surface area contributed by atoms with Gasteiger partial charge in [0.2, 0.25) is 0 Å². The van der Waals surface area contributed by atoms with Crippen molar-refractivity contribution in [3.63, 3.8) is 0 Å². The van der Waals surface area contributed by atoms with Crippen LogP contribution in [0.1, 0.15) is 30.9 Å². The third-order valence-electron chi connectivity index (χ3n) is 3.10. The first kappa shape index (κ1) is 11.0. The van der Waals surface area contributed by atoms with E-state index in [9.17, 15) is 0 Å². The molecule has 1 aromatic carbocycles. The molecule has 84 valence electrons. The summed E-state index contributed by atoms with van der Waals surface area (Å²) < 4.78 is 0. The van der Waals surface area contributed by atoms with Gasteiger partial charge in [-0.1, -0.05) is 12.1 Å². The van der Waals surface area contributed by atoms with Crippen molar-refractivity contribution in [3.8, 4) is 6.07 Å². The van der Waals surface area contributed by atoms with Gasteiger partial charge in [-0.15, -0.1) is 0 Å². The van der Waals surface area contributed by atoms with E-state index in [2.05, 4.69) is 23.1 Å². The first-order valence-electron chi connectivity index (χ1n) is 5.78. The highest BCUT2D eigenvalue weighted by Crippen LogP contribution is 2.22. The maximum absolute atomic E-state index is 8.59. The molecule has 0 amide bonds. The van der Waals surface area contributed by atoms with E-state index in [1.807, 2.05) is 12.1 Å². The molecule has 2 N–H and O–H groups in total. The fraction of sp³-hybridized carbons (Fsp3) is 0.462. The third-order valence-corrected chi connectivity index (χ3v) is 3.10. The third kappa shape index (κ3) is 2.34. The van der Waals surface area contributed by atoms with Crippen molar-refractivity contribution in [1.29, 1.82) is 5.26 Å². The maximum atomic E-state index is 8.59. The monoisotopic (exact) mass is 215 g/mol. The molecule has 0 spiro atoms. The molecule has 1 aliphatic heterocycles. The van der Waals surface area contributed by atoms with Gasteiger partial charge >= 0.3 is 0 Å². The molecule has 16 heavy (non-hydrogen) atoms. The zero-order valence-corrected chi connectivity index (χ0v) is 9.39. The second-order valence-corrected chi connectivity index (χ2v) is 4.25. The fourth-order valence-electron chi connectivity index (χ4n) is 2.12. The van der Waals surface area contributed by atoms with E-state index >= 15 is 0 Å². The average Bonchev–Trinajstić information content (AvgIpc) is 2.83. The summed E-state index contributed by atoms with van der Waals surface area (Å²) in [4.78, 5) is 2.39. The minimum absolute atomic E-state index is 0.155. The van der Waals surface area contributed by atoms with Gasteiger partial charge in [0, 0.05) is 24.8 Å². The molecular formula is C13H17N3. The summed E-state index contributed by atoms with van der Waals surface area (Å²) in [6, 6.07) is 10.2. The number of anilines is 1. The average molecular weight is 215 g/mol. The Morgan fingerprint density at radius 3 is 2.44 bits per heavy atom. The molecule has 0 aliphatic carbocycles. The molecule has 0 bridgehead atoms. The molecule has 1 aromatic rings. The maximum Gasteiger partial charge on any atom is 0.0641 e. The quantitative estimate of drug-likeness (QED) is 0.841. The molecule has 2 rings (SSSR count). The largest absolute Gasteiger partial charge is 0.372 e. The van der Waals surface area contributed by atoms with Crippen molar-refractivity contribution in [2.75, 3.05) is 18.0 Å². The Labute approximate surface area is 96.5 Å². The van der Waals surface area contributed by atoms with Crippen LogP contribution in [0.5, 0.6) is 0 Å². The van der Waals surface area contributed by atoms with Gasteiger partial charge in [-0.05, 0) is 30.5 Å². The van der Waals surface area contributed by atoms with Gasteiger partial charge in [-0.25, -0.2) is 0 Å². The van der Waals surface area contributed by atoms with Crippen LogP contribution in [0.3, 0.4) is 0 Å². The first-order chi connectivity index (χ1) is 7.81. The molecule has 3 heteroatoms. The highest BCUT2D eigenvalue weighted by atomic mass is 15.1. The Morgan fingerprint density at radius 2 is 1.88 bits per heavy atom. The predicted octanol–water partition coefficient (Wildman–Crippen LogP) is 2.20. The Bertz CT molecular complexity index is 371. The van der Waals surface area contributed by atoms with Crippen molar-refractivity contribution in [2.45, 2.75) is 25.3 Å². The number of nitrogens with two attached hydrogens (primary N) is 1. The van der Waals surface area contributed by atoms with Crippen molar-refractivity contribution in [1.82, 2.24) is 0 Å². The molecular weight excluding hydrogens is 198 g/mol. The van der Waals surface area contributed by atoms with Gasteiger partial charge in [0.05, 0.1) is 12.5 Å². The molecule has 1 fully saturated rings. The van der Waals surface area contributed by atoms with Gasteiger partial charge in [-0.2, -0.15) is 5.26 Å². The smallest absolute Gasteiger partial charge is 0.0641 e. The number of hydrogen-bond acceptors (Lipinski definition) is 3. The van der Waals surface area contributed by atoms with Crippen LogP contribution in [0.15, 0.2) is 24.3 Å². The molecule has 1 aliphatic rings. The highest BCUT2D eigenvalue weighted by molar-refractivity contribution is 5.48. The van der Waals surface area contributed by atoms with Gasteiger partial charge in [0.25, 0.3) is 0 Å². The summed E-state index contributed by atoms with van der Waals surface area (Å²) in [7, 11) is 0. The number of nitrogens with zero attached hydrogens (tertiary/aromatic N) is 2. The molecule has 0 saturated carbocycles. The van der Waals surface area contributed by atoms with E-state index in [-0.39, 0.29) is 6.04 Å². The minimum Gasteiger partial charge on any atom is -0.372 e. The van der Waals surface area contributed by atoms with E-state index in [1.54, 1.807) is 0 Å². The first-order valence-corrected chi connectivity index (χ1v) is 5.78. The highest BCUT2D eigenvalue weighted by Gasteiger charge is 2.12. The summed E-state index contributed by atoms with van der Waals surface area (Å²) in [6.07, 6.45) is 2.95. The second kappa shape index (κ2) is 5.00. The molecule has 0 radical (unpaired) electrons. The zero-order chi connectivity index (χ0) is 11.4. The van der Waals surface area contributed by atoms with Gasteiger partial charge < -0.3 is 10.6 Å². The van der Waals surface area contributed by atoms with E-state index < -0.39 is 0 Å². The van der Waals surface area contributed by atoms with E-state index in [4.69, 9.17) is 11.0 Å². The Hall–Kier alpha value is -1.53.